The van der Waals surface area contributed by atoms with Crippen molar-refractivity contribution in [2.24, 2.45) is 0 Å². The molecule has 0 aliphatic carbocycles. The molecule has 1 heterocycles. The van der Waals surface area contributed by atoms with Gasteiger partial charge in [-0.15, -0.1) is 5.10 Å². The average molecular weight is 271 g/mol. The Morgan fingerprint density at radius 2 is 2.00 bits per heavy atom. The third-order valence-corrected chi connectivity index (χ3v) is 2.67. The maximum Gasteiger partial charge on any atom is 0.250 e. The van der Waals surface area contributed by atoms with Crippen molar-refractivity contribution in [3.63, 3.8) is 0 Å². The second-order valence-electron chi connectivity index (χ2n) is 4.55. The zero-order valence-electron chi connectivity index (χ0n) is 11.7. The highest BCUT2D eigenvalue weighted by molar-refractivity contribution is 6.00. The van der Waals surface area contributed by atoms with E-state index in [4.69, 9.17) is 0 Å². The zero-order chi connectivity index (χ0) is 14.5. The molecule has 0 aliphatic heterocycles. The number of hydrogen-bond acceptors (Lipinski definition) is 4. The molecule has 2 N–H and O–H groups in total. The number of nitrogens with one attached hydrogen (secondary N) is 2. The number of carbonyl (C=O) groups excluding carboxylic acids is 1. The van der Waals surface area contributed by atoms with Crippen LogP contribution in [0.2, 0.25) is 0 Å². The van der Waals surface area contributed by atoms with Crippen molar-refractivity contribution in [1.29, 1.82) is 0 Å². The quantitative estimate of drug-likeness (QED) is 0.832. The van der Waals surface area contributed by atoms with Crippen LogP contribution < -0.4 is 10.2 Å². The second kappa shape index (κ2) is 6.01. The van der Waals surface area contributed by atoms with Crippen LogP contribution in [0.15, 0.2) is 30.3 Å². The minimum Gasteiger partial charge on any atom is -0.378 e. The van der Waals surface area contributed by atoms with Gasteiger partial charge in [0, 0.05) is 25.9 Å². The Morgan fingerprint density at radius 1 is 1.30 bits per heavy atom. The maximum absolute atomic E-state index is 11.7. The summed E-state index contributed by atoms with van der Waals surface area (Å²) in [7, 11) is 3.97. The number of anilines is 2. The van der Waals surface area contributed by atoms with Crippen molar-refractivity contribution in [1.82, 2.24) is 15.2 Å². The molecule has 0 aliphatic rings. The molecule has 0 saturated carbocycles. The number of aromatic nitrogens is 3. The van der Waals surface area contributed by atoms with Crippen LogP contribution in [0.5, 0.6) is 0 Å². The Bertz CT molecular complexity index is 613. The summed E-state index contributed by atoms with van der Waals surface area (Å²) >= 11 is 0. The molecule has 2 aromatic rings. The van der Waals surface area contributed by atoms with Gasteiger partial charge in [-0.2, -0.15) is 4.98 Å². The van der Waals surface area contributed by atoms with Crippen molar-refractivity contribution in [2.45, 2.75) is 6.92 Å². The van der Waals surface area contributed by atoms with Crippen LogP contribution in [0.3, 0.4) is 0 Å². The van der Waals surface area contributed by atoms with E-state index >= 15 is 0 Å². The van der Waals surface area contributed by atoms with E-state index in [1.54, 1.807) is 13.0 Å². The Labute approximate surface area is 117 Å². The van der Waals surface area contributed by atoms with Crippen LogP contribution >= 0.6 is 0 Å². The van der Waals surface area contributed by atoms with Gasteiger partial charge in [0.1, 0.15) is 5.82 Å². The molecule has 6 heteroatoms. The predicted octanol–water partition coefficient (Wildman–Crippen LogP) is 1.83. The normalized spacial score (nSPS) is 10.8. The molecule has 1 aromatic heterocycles. The van der Waals surface area contributed by atoms with E-state index in [0.717, 1.165) is 11.3 Å². The summed E-state index contributed by atoms with van der Waals surface area (Å²) in [6.45, 7) is 1.77. The van der Waals surface area contributed by atoms with Crippen molar-refractivity contribution in [3.05, 3.63) is 41.7 Å². The standard InChI is InChI=1S/C14H17N5O/c1-10-15-14(18-17-10)16-13(20)9-6-11-4-7-12(8-5-11)19(2)3/h4-9H,1-3H3,(H2,15,16,17,18,20)/b9-6+. The van der Waals surface area contributed by atoms with E-state index in [0.29, 0.717) is 5.82 Å². The highest BCUT2D eigenvalue weighted by Gasteiger charge is 2.02. The summed E-state index contributed by atoms with van der Waals surface area (Å²) in [5.74, 6) is 0.671. The molecule has 0 bridgehead atoms. The van der Waals surface area contributed by atoms with Crippen LogP contribution in [-0.2, 0) is 4.79 Å². The van der Waals surface area contributed by atoms with Gasteiger partial charge in [0.05, 0.1) is 0 Å². The minimum absolute atomic E-state index is 0.263. The topological polar surface area (TPSA) is 73.9 Å². The molecule has 0 fully saturated rings. The van der Waals surface area contributed by atoms with Gasteiger partial charge in [0.15, 0.2) is 0 Å². The molecule has 6 nitrogen and oxygen atoms in total. The van der Waals surface area contributed by atoms with Gasteiger partial charge in [0.2, 0.25) is 5.95 Å². The molecule has 0 unspecified atom stereocenters. The van der Waals surface area contributed by atoms with Crippen LogP contribution in [0.25, 0.3) is 6.08 Å². The summed E-state index contributed by atoms with van der Waals surface area (Å²) in [4.78, 5) is 17.7. The Morgan fingerprint density at radius 3 is 2.55 bits per heavy atom. The van der Waals surface area contributed by atoms with Gasteiger partial charge in [-0.3, -0.25) is 15.2 Å². The summed E-state index contributed by atoms with van der Waals surface area (Å²) in [5, 5.41) is 9.07. The number of nitrogens with zero attached hydrogens (tertiary/aromatic N) is 3. The molecule has 20 heavy (non-hydrogen) atoms. The van der Waals surface area contributed by atoms with Crippen molar-refractivity contribution in [2.75, 3.05) is 24.3 Å². The second-order valence-corrected chi connectivity index (χ2v) is 4.55. The van der Waals surface area contributed by atoms with Crippen LogP contribution in [0, 0.1) is 6.92 Å². The first-order valence-electron chi connectivity index (χ1n) is 6.20. The number of carbonyl (C=O) groups is 1. The Kier molecular flexibility index (Phi) is 4.14. The van der Waals surface area contributed by atoms with Crippen LogP contribution in [0.1, 0.15) is 11.4 Å². The molecule has 0 saturated heterocycles. The first-order valence-corrected chi connectivity index (χ1v) is 6.20. The van der Waals surface area contributed by atoms with Gasteiger partial charge in [-0.25, -0.2) is 0 Å². The first-order chi connectivity index (χ1) is 9.54. The molecule has 2 rings (SSSR count). The van der Waals surface area contributed by atoms with Gasteiger partial charge in [-0.1, -0.05) is 12.1 Å². The monoisotopic (exact) mass is 271 g/mol. The lowest BCUT2D eigenvalue weighted by molar-refractivity contribution is -0.111. The fraction of sp³-hybridized carbons (Fsp3) is 0.214. The average Bonchev–Trinajstić information content (AvgIpc) is 2.82. The molecule has 1 amide bonds. The van der Waals surface area contributed by atoms with Gasteiger partial charge < -0.3 is 4.90 Å². The van der Waals surface area contributed by atoms with E-state index in [2.05, 4.69) is 20.5 Å². The highest BCUT2D eigenvalue weighted by atomic mass is 16.1. The number of aryl methyl sites for hydroxylation is 1. The molecule has 0 spiro atoms. The molecule has 1 aromatic carbocycles. The minimum atomic E-state index is -0.263. The van der Waals surface area contributed by atoms with Crippen molar-refractivity contribution in [3.8, 4) is 0 Å². The fourth-order valence-corrected chi connectivity index (χ4v) is 1.61. The number of aromatic amines is 1. The number of H-pyrrole nitrogens is 1. The fourth-order valence-electron chi connectivity index (χ4n) is 1.61. The summed E-state index contributed by atoms with van der Waals surface area (Å²) in [6, 6.07) is 7.90. The molecular weight excluding hydrogens is 254 g/mol. The first kappa shape index (κ1) is 13.8. The summed E-state index contributed by atoms with van der Waals surface area (Å²) in [5.41, 5.74) is 2.07. The lowest BCUT2D eigenvalue weighted by atomic mass is 10.2. The third kappa shape index (κ3) is 3.68. The summed E-state index contributed by atoms with van der Waals surface area (Å²) < 4.78 is 0. The van der Waals surface area contributed by atoms with Crippen molar-refractivity contribution < 1.29 is 4.79 Å². The molecule has 0 radical (unpaired) electrons. The SMILES string of the molecule is Cc1nc(NC(=O)/C=C/c2ccc(N(C)C)cc2)n[nH]1. The largest absolute Gasteiger partial charge is 0.378 e. The van der Waals surface area contributed by atoms with Crippen LogP contribution in [-0.4, -0.2) is 35.2 Å². The van der Waals surface area contributed by atoms with Gasteiger partial charge in [0.25, 0.3) is 5.91 Å². The Hall–Kier alpha value is -2.63. The van der Waals surface area contributed by atoms with Crippen LogP contribution in [0.4, 0.5) is 11.6 Å². The lowest BCUT2D eigenvalue weighted by Crippen LogP contribution is -2.09. The van der Waals surface area contributed by atoms with Gasteiger partial charge in [-0.05, 0) is 30.7 Å². The lowest BCUT2D eigenvalue weighted by Gasteiger charge is -2.11. The smallest absolute Gasteiger partial charge is 0.250 e. The van der Waals surface area contributed by atoms with E-state index in [1.165, 1.54) is 6.08 Å². The third-order valence-electron chi connectivity index (χ3n) is 2.67. The number of rotatable bonds is 4. The van der Waals surface area contributed by atoms with E-state index in [9.17, 15) is 4.79 Å². The van der Waals surface area contributed by atoms with E-state index in [1.807, 2.05) is 43.3 Å². The number of amides is 1. The maximum atomic E-state index is 11.7. The zero-order valence-corrected chi connectivity index (χ0v) is 11.7. The van der Waals surface area contributed by atoms with E-state index in [-0.39, 0.29) is 11.9 Å². The highest BCUT2D eigenvalue weighted by Crippen LogP contribution is 2.13. The number of benzene rings is 1. The van der Waals surface area contributed by atoms with E-state index < -0.39 is 0 Å². The molecule has 0 atom stereocenters. The predicted molar refractivity (Wildman–Crippen MR) is 79.6 cm³/mol. The molecular formula is C14H17N5O. The summed E-state index contributed by atoms with van der Waals surface area (Å²) in [6.07, 6.45) is 3.20. The number of hydrogen-bond donors (Lipinski definition) is 2. The molecule has 104 valence electrons. The Balaban J connectivity index is 1.96. The van der Waals surface area contributed by atoms with Gasteiger partial charge >= 0.3 is 0 Å². The van der Waals surface area contributed by atoms with Crippen molar-refractivity contribution >= 4 is 23.6 Å².